The summed E-state index contributed by atoms with van der Waals surface area (Å²) in [4.78, 5) is 9.47. The first-order chi connectivity index (χ1) is 11.8. The molecule has 5 nitrogen and oxygen atoms in total. The second-order valence-electron chi connectivity index (χ2n) is 6.21. The first-order valence-electron chi connectivity index (χ1n) is 8.07. The molecule has 0 aliphatic heterocycles. The predicted molar refractivity (Wildman–Crippen MR) is 121 cm³/mol. The summed E-state index contributed by atoms with van der Waals surface area (Å²) in [6.07, 6.45) is 2.03. The lowest BCUT2D eigenvalue weighted by Crippen LogP contribution is -2.31. The number of fused-ring (bicyclic) bond motifs is 1. The van der Waals surface area contributed by atoms with Gasteiger partial charge in [-0.2, -0.15) is 0 Å². The van der Waals surface area contributed by atoms with Gasteiger partial charge < -0.3 is 20.1 Å². The fraction of sp³-hybridized carbons (Fsp3) is 0.562. The van der Waals surface area contributed by atoms with Crippen molar-refractivity contribution in [3.05, 3.63) is 17.9 Å². The molecule has 0 amide bonds. The first-order valence-corrected chi connectivity index (χ1v) is 11.2. The van der Waals surface area contributed by atoms with Gasteiger partial charge >= 0.3 is 0 Å². The van der Waals surface area contributed by atoms with Crippen LogP contribution in [0.3, 0.4) is 0 Å². The third-order valence-corrected chi connectivity index (χ3v) is 8.74. The zero-order valence-electron chi connectivity index (χ0n) is 14.6. The summed E-state index contributed by atoms with van der Waals surface area (Å²) in [5.74, 6) is 0.966. The Morgan fingerprint density at radius 3 is 2.12 bits per heavy atom. The zero-order valence-corrected chi connectivity index (χ0v) is 21.0. The van der Waals surface area contributed by atoms with Crippen LogP contribution in [0.5, 0.6) is 0 Å². The number of benzene rings is 1. The molecule has 0 aliphatic rings. The van der Waals surface area contributed by atoms with E-state index in [0.717, 1.165) is 67.3 Å². The average molecular weight is 605 g/mol. The number of imidazole rings is 1. The molecular formula is C16H23Br4N5. The zero-order chi connectivity index (χ0) is 18.7. The summed E-state index contributed by atoms with van der Waals surface area (Å²) in [6, 6.07) is 0. The second-order valence-corrected chi connectivity index (χ2v) is 9.38. The van der Waals surface area contributed by atoms with Gasteiger partial charge in [-0.1, -0.05) is 0 Å². The van der Waals surface area contributed by atoms with Crippen LogP contribution in [0.4, 0.5) is 5.95 Å². The van der Waals surface area contributed by atoms with Crippen LogP contribution >= 0.6 is 63.7 Å². The molecule has 0 saturated heterocycles. The number of nitrogens with two attached hydrogens (primary N) is 1. The minimum atomic E-state index is 0.679. The maximum atomic E-state index is 5.74. The molecule has 0 aliphatic carbocycles. The number of aryl methyl sites for hydroxylation is 1. The van der Waals surface area contributed by atoms with Crippen molar-refractivity contribution in [2.75, 3.05) is 45.2 Å². The van der Waals surface area contributed by atoms with Crippen molar-refractivity contribution in [2.24, 2.45) is 12.8 Å². The fourth-order valence-corrected chi connectivity index (χ4v) is 5.18. The summed E-state index contributed by atoms with van der Waals surface area (Å²) in [5, 5.41) is 0. The summed E-state index contributed by atoms with van der Waals surface area (Å²) in [6.45, 7) is 3.58. The topological polar surface area (TPSA) is 50.3 Å². The molecule has 1 heterocycles. The molecular weight excluding hydrogens is 582 g/mol. The van der Waals surface area contributed by atoms with Gasteiger partial charge in [0.15, 0.2) is 0 Å². The van der Waals surface area contributed by atoms with Crippen molar-refractivity contribution < 1.29 is 0 Å². The Kier molecular flexibility index (Phi) is 8.22. The molecule has 9 heteroatoms. The smallest absolute Gasteiger partial charge is 0.206 e. The van der Waals surface area contributed by atoms with Crippen molar-refractivity contribution in [3.63, 3.8) is 0 Å². The van der Waals surface area contributed by atoms with Gasteiger partial charge in [-0.25, -0.2) is 4.98 Å². The van der Waals surface area contributed by atoms with Gasteiger partial charge in [0.25, 0.3) is 0 Å². The van der Waals surface area contributed by atoms with Gasteiger partial charge in [0.2, 0.25) is 5.95 Å². The van der Waals surface area contributed by atoms with Crippen molar-refractivity contribution in [1.82, 2.24) is 14.5 Å². The largest absolute Gasteiger partial charge is 0.342 e. The highest BCUT2D eigenvalue weighted by Gasteiger charge is 2.22. The molecule has 0 bridgehead atoms. The Balaban J connectivity index is 2.46. The van der Waals surface area contributed by atoms with Crippen LogP contribution in [0.1, 0.15) is 12.8 Å². The summed E-state index contributed by atoms with van der Waals surface area (Å²) < 4.78 is 6.02. The Labute approximate surface area is 182 Å². The molecule has 0 atom stereocenters. The highest BCUT2D eigenvalue weighted by atomic mass is 79.9. The molecule has 1 aromatic heterocycles. The van der Waals surface area contributed by atoms with Crippen LogP contribution in [0.15, 0.2) is 17.9 Å². The van der Waals surface area contributed by atoms with E-state index in [-0.39, 0.29) is 0 Å². The number of nitrogens with zero attached hydrogens (tertiary/aromatic N) is 4. The molecule has 2 N–H and O–H groups in total. The minimum Gasteiger partial charge on any atom is -0.342 e. The molecule has 0 unspecified atom stereocenters. The molecule has 25 heavy (non-hydrogen) atoms. The summed E-state index contributed by atoms with van der Waals surface area (Å²) in [5.41, 5.74) is 7.74. The predicted octanol–water partition coefficient (Wildman–Crippen LogP) is 4.73. The number of rotatable bonds is 8. The average Bonchev–Trinajstić information content (AvgIpc) is 2.91. The normalized spacial score (nSPS) is 11.7. The number of hydrogen-bond acceptors (Lipinski definition) is 4. The number of hydrogen-bond donors (Lipinski definition) is 1. The highest BCUT2D eigenvalue weighted by Crippen LogP contribution is 2.44. The molecule has 0 spiro atoms. The van der Waals surface area contributed by atoms with Crippen molar-refractivity contribution in [3.8, 4) is 0 Å². The van der Waals surface area contributed by atoms with Gasteiger partial charge in [0.05, 0.1) is 14.5 Å². The van der Waals surface area contributed by atoms with E-state index in [4.69, 9.17) is 10.7 Å². The SMILES string of the molecule is CN(C)CCCN(CCCN)c1nc2c(Br)c(Br)c(Br)c(Br)c2n1C. The number of anilines is 1. The lowest BCUT2D eigenvalue weighted by Gasteiger charge is -2.24. The molecule has 1 aromatic carbocycles. The van der Waals surface area contributed by atoms with E-state index in [1.165, 1.54) is 0 Å². The fourth-order valence-electron chi connectivity index (χ4n) is 2.75. The first kappa shape index (κ1) is 21.6. The van der Waals surface area contributed by atoms with E-state index >= 15 is 0 Å². The monoisotopic (exact) mass is 601 g/mol. The van der Waals surface area contributed by atoms with E-state index in [1.54, 1.807) is 0 Å². The minimum absolute atomic E-state index is 0.679. The lowest BCUT2D eigenvalue weighted by atomic mass is 10.3. The number of aromatic nitrogens is 2. The second kappa shape index (κ2) is 9.50. The molecule has 0 fully saturated rings. The lowest BCUT2D eigenvalue weighted by molar-refractivity contribution is 0.399. The van der Waals surface area contributed by atoms with Crippen LogP contribution in [0, 0.1) is 0 Å². The maximum Gasteiger partial charge on any atom is 0.206 e. The Morgan fingerprint density at radius 1 is 0.920 bits per heavy atom. The third kappa shape index (κ3) is 4.79. The van der Waals surface area contributed by atoms with Crippen LogP contribution in [0.2, 0.25) is 0 Å². The van der Waals surface area contributed by atoms with Gasteiger partial charge in [-0.15, -0.1) is 0 Å². The van der Waals surface area contributed by atoms with E-state index in [1.807, 2.05) is 0 Å². The Hall–Kier alpha value is 0.330. The van der Waals surface area contributed by atoms with E-state index in [9.17, 15) is 0 Å². The van der Waals surface area contributed by atoms with Crippen LogP contribution < -0.4 is 10.6 Å². The van der Waals surface area contributed by atoms with Gasteiger partial charge in [0, 0.05) is 29.1 Å². The molecule has 140 valence electrons. The van der Waals surface area contributed by atoms with Gasteiger partial charge in [0.1, 0.15) is 5.52 Å². The van der Waals surface area contributed by atoms with Gasteiger partial charge in [-0.05, 0) is 104 Å². The Morgan fingerprint density at radius 2 is 1.52 bits per heavy atom. The van der Waals surface area contributed by atoms with Crippen LogP contribution in [-0.2, 0) is 7.05 Å². The summed E-state index contributed by atoms with van der Waals surface area (Å²) in [7, 11) is 6.26. The quantitative estimate of drug-likeness (QED) is 0.350. The van der Waals surface area contributed by atoms with Crippen LogP contribution in [-0.4, -0.2) is 54.7 Å². The van der Waals surface area contributed by atoms with Crippen molar-refractivity contribution in [1.29, 1.82) is 0 Å². The molecule has 2 aromatic rings. The van der Waals surface area contributed by atoms with E-state index in [2.05, 4.69) is 99.2 Å². The van der Waals surface area contributed by atoms with Crippen molar-refractivity contribution >= 4 is 80.7 Å². The van der Waals surface area contributed by atoms with E-state index < -0.39 is 0 Å². The third-order valence-electron chi connectivity index (χ3n) is 4.01. The maximum absolute atomic E-state index is 5.74. The molecule has 2 rings (SSSR count). The highest BCUT2D eigenvalue weighted by molar-refractivity contribution is 9.15. The van der Waals surface area contributed by atoms with Gasteiger partial charge in [-0.3, -0.25) is 0 Å². The standard InChI is InChI=1S/C16H23Br4N5/c1-23(2)7-5-9-25(8-4-6-21)16-22-14-12(19)10(17)11(18)13(20)15(14)24(16)3/h4-9,21H2,1-3H3. The molecule has 0 radical (unpaired) electrons. The molecule has 0 saturated carbocycles. The van der Waals surface area contributed by atoms with Crippen molar-refractivity contribution in [2.45, 2.75) is 12.8 Å². The Bertz CT molecular complexity index is 744. The number of halogens is 4. The van der Waals surface area contributed by atoms with Crippen LogP contribution in [0.25, 0.3) is 11.0 Å². The summed E-state index contributed by atoms with van der Waals surface area (Å²) >= 11 is 14.6. The van der Waals surface area contributed by atoms with E-state index in [0.29, 0.717) is 6.54 Å².